The van der Waals surface area contributed by atoms with E-state index in [0.29, 0.717) is 38.1 Å². The van der Waals surface area contributed by atoms with Crippen molar-refractivity contribution in [3.8, 4) is 5.75 Å². The average molecular weight is 361 g/mol. The first kappa shape index (κ1) is 20.1. The van der Waals surface area contributed by atoms with Gasteiger partial charge in [0.15, 0.2) is 5.96 Å². The topological polar surface area (TPSA) is 66.0 Å². The normalized spacial score (nSPS) is 15.8. The van der Waals surface area contributed by atoms with E-state index in [-0.39, 0.29) is 0 Å². The Balaban J connectivity index is 1.73. The molecule has 0 aromatic heterocycles. The third-order valence-electron chi connectivity index (χ3n) is 4.50. The van der Waals surface area contributed by atoms with Crippen LogP contribution in [0, 0.1) is 0 Å². The van der Waals surface area contributed by atoms with E-state index in [1.807, 2.05) is 35.2 Å². The Hall–Kier alpha value is -2.24. The first-order valence-corrected chi connectivity index (χ1v) is 9.74. The number of benzene rings is 1. The number of aliphatic imine (C=N–C) groups is 1. The van der Waals surface area contributed by atoms with E-state index >= 15 is 0 Å². The van der Waals surface area contributed by atoms with E-state index in [2.05, 4.69) is 29.5 Å². The van der Waals surface area contributed by atoms with Crippen LogP contribution in [0.2, 0.25) is 0 Å². The van der Waals surface area contributed by atoms with E-state index in [1.165, 1.54) is 0 Å². The van der Waals surface area contributed by atoms with Gasteiger partial charge in [0.1, 0.15) is 12.4 Å². The summed E-state index contributed by atoms with van der Waals surface area (Å²) in [6.07, 6.45) is 3.57. The van der Waals surface area contributed by atoms with Gasteiger partial charge in [0, 0.05) is 32.1 Å². The molecule has 1 aliphatic rings. The van der Waals surface area contributed by atoms with Crippen LogP contribution >= 0.6 is 0 Å². The molecule has 1 atom stereocenters. The molecule has 2 rings (SSSR count). The molecule has 1 aromatic rings. The van der Waals surface area contributed by atoms with Crippen LogP contribution in [0.4, 0.5) is 0 Å². The fraction of sp³-hybridized carbons (Fsp3) is 0.600. The van der Waals surface area contributed by atoms with E-state index < -0.39 is 0 Å². The molecule has 1 aliphatic heterocycles. The molecule has 1 saturated heterocycles. The number of ether oxygens (including phenoxy) is 1. The van der Waals surface area contributed by atoms with Crippen molar-refractivity contribution in [3.63, 3.8) is 0 Å². The van der Waals surface area contributed by atoms with Crippen molar-refractivity contribution < 1.29 is 9.53 Å². The van der Waals surface area contributed by atoms with E-state index in [1.54, 1.807) is 0 Å². The number of rotatable bonds is 10. The molecule has 0 bridgehead atoms. The van der Waals surface area contributed by atoms with Gasteiger partial charge < -0.3 is 20.3 Å². The minimum absolute atomic E-state index is 0.295. The summed E-state index contributed by atoms with van der Waals surface area (Å²) in [7, 11) is 0. The van der Waals surface area contributed by atoms with Gasteiger partial charge in [-0.3, -0.25) is 9.79 Å². The monoisotopic (exact) mass is 360 g/mol. The lowest BCUT2D eigenvalue weighted by Crippen LogP contribution is -2.40. The minimum Gasteiger partial charge on any atom is -0.492 e. The lowest BCUT2D eigenvalue weighted by atomic mass is 10.1. The van der Waals surface area contributed by atoms with Crippen LogP contribution in [0.15, 0.2) is 35.3 Å². The van der Waals surface area contributed by atoms with Crippen molar-refractivity contribution in [1.29, 1.82) is 0 Å². The lowest BCUT2D eigenvalue weighted by Gasteiger charge is -2.26. The van der Waals surface area contributed by atoms with Crippen LogP contribution in [0.3, 0.4) is 0 Å². The Morgan fingerprint density at radius 3 is 2.73 bits per heavy atom. The standard InChI is InChI=1S/C20H32N4O2/c1-3-17(24-15-8-11-19(24)25)12-13-22-20(21-4-2)23-14-16-26-18-9-6-5-7-10-18/h5-7,9-10,17H,3-4,8,11-16H2,1-2H3,(H2,21,22,23). The third-order valence-corrected chi connectivity index (χ3v) is 4.50. The number of hydrogen-bond donors (Lipinski definition) is 2. The predicted octanol–water partition coefficient (Wildman–Crippen LogP) is 2.41. The molecular formula is C20H32N4O2. The fourth-order valence-corrected chi connectivity index (χ4v) is 3.16. The molecule has 2 N–H and O–H groups in total. The third kappa shape index (κ3) is 6.58. The van der Waals surface area contributed by atoms with Crippen molar-refractivity contribution in [2.24, 2.45) is 4.99 Å². The molecule has 6 heteroatoms. The molecular weight excluding hydrogens is 328 g/mol. The summed E-state index contributed by atoms with van der Waals surface area (Å²) in [4.78, 5) is 18.6. The molecule has 6 nitrogen and oxygen atoms in total. The smallest absolute Gasteiger partial charge is 0.222 e. The molecule has 1 unspecified atom stereocenters. The highest BCUT2D eigenvalue weighted by Crippen LogP contribution is 2.18. The Morgan fingerprint density at radius 2 is 2.08 bits per heavy atom. The molecule has 26 heavy (non-hydrogen) atoms. The second kappa shape index (κ2) is 11.4. The molecule has 0 radical (unpaired) electrons. The summed E-state index contributed by atoms with van der Waals surface area (Å²) in [6.45, 7) is 7.87. The van der Waals surface area contributed by atoms with E-state index in [4.69, 9.17) is 4.74 Å². The molecule has 1 amide bonds. The Kier molecular flexibility index (Phi) is 8.79. The first-order valence-electron chi connectivity index (χ1n) is 9.74. The number of likely N-dealkylation sites (tertiary alicyclic amines) is 1. The zero-order chi connectivity index (χ0) is 18.6. The molecule has 144 valence electrons. The van der Waals surface area contributed by atoms with Crippen LogP contribution in [-0.4, -0.2) is 55.6 Å². The van der Waals surface area contributed by atoms with Gasteiger partial charge in [-0.2, -0.15) is 0 Å². The highest BCUT2D eigenvalue weighted by Gasteiger charge is 2.26. The zero-order valence-electron chi connectivity index (χ0n) is 16.0. The van der Waals surface area contributed by atoms with Gasteiger partial charge in [0.05, 0.1) is 6.54 Å². The van der Waals surface area contributed by atoms with Crippen LogP contribution < -0.4 is 15.4 Å². The van der Waals surface area contributed by atoms with Crippen molar-refractivity contribution in [3.05, 3.63) is 30.3 Å². The fourth-order valence-electron chi connectivity index (χ4n) is 3.16. The number of guanidine groups is 1. The number of nitrogens with one attached hydrogen (secondary N) is 2. The van der Waals surface area contributed by atoms with Crippen molar-refractivity contribution >= 4 is 11.9 Å². The molecule has 1 heterocycles. The molecule has 1 fully saturated rings. The number of hydrogen-bond acceptors (Lipinski definition) is 3. The average Bonchev–Trinajstić information content (AvgIpc) is 3.09. The second-order valence-corrected chi connectivity index (χ2v) is 6.39. The van der Waals surface area contributed by atoms with E-state index in [0.717, 1.165) is 44.1 Å². The lowest BCUT2D eigenvalue weighted by molar-refractivity contribution is -0.129. The maximum Gasteiger partial charge on any atom is 0.222 e. The van der Waals surface area contributed by atoms with Gasteiger partial charge >= 0.3 is 0 Å². The maximum atomic E-state index is 11.9. The molecule has 0 aliphatic carbocycles. The minimum atomic E-state index is 0.295. The van der Waals surface area contributed by atoms with Gasteiger partial charge in [0.25, 0.3) is 0 Å². The summed E-state index contributed by atoms with van der Waals surface area (Å²) in [5, 5.41) is 6.55. The summed E-state index contributed by atoms with van der Waals surface area (Å²) in [6, 6.07) is 10.1. The number of carbonyl (C=O) groups excluding carboxylic acids is 1. The molecule has 1 aromatic carbocycles. The summed E-state index contributed by atoms with van der Waals surface area (Å²) in [5.74, 6) is 1.97. The van der Waals surface area contributed by atoms with Gasteiger partial charge in [-0.05, 0) is 38.3 Å². The van der Waals surface area contributed by atoms with Gasteiger partial charge in [-0.15, -0.1) is 0 Å². The highest BCUT2D eigenvalue weighted by molar-refractivity contribution is 5.80. The van der Waals surface area contributed by atoms with Crippen LogP contribution in [0.1, 0.15) is 39.5 Å². The summed E-state index contributed by atoms with van der Waals surface area (Å²) < 4.78 is 5.68. The maximum absolute atomic E-state index is 11.9. The number of carbonyl (C=O) groups is 1. The van der Waals surface area contributed by atoms with Crippen LogP contribution in [0.5, 0.6) is 5.75 Å². The summed E-state index contributed by atoms with van der Waals surface area (Å²) >= 11 is 0. The van der Waals surface area contributed by atoms with Gasteiger partial charge in [-0.1, -0.05) is 25.1 Å². The zero-order valence-corrected chi connectivity index (χ0v) is 16.0. The van der Waals surface area contributed by atoms with Gasteiger partial charge in [0.2, 0.25) is 5.91 Å². The molecule has 0 saturated carbocycles. The second-order valence-electron chi connectivity index (χ2n) is 6.39. The van der Waals surface area contributed by atoms with Crippen molar-refractivity contribution in [2.45, 2.75) is 45.6 Å². The Morgan fingerprint density at radius 1 is 1.27 bits per heavy atom. The van der Waals surface area contributed by atoms with E-state index in [9.17, 15) is 4.79 Å². The predicted molar refractivity (Wildman–Crippen MR) is 106 cm³/mol. The van der Waals surface area contributed by atoms with Crippen LogP contribution in [0.25, 0.3) is 0 Å². The van der Waals surface area contributed by atoms with Crippen molar-refractivity contribution in [1.82, 2.24) is 15.5 Å². The van der Waals surface area contributed by atoms with Gasteiger partial charge in [-0.25, -0.2) is 0 Å². The summed E-state index contributed by atoms with van der Waals surface area (Å²) in [5.41, 5.74) is 0. The highest BCUT2D eigenvalue weighted by atomic mass is 16.5. The first-order chi connectivity index (χ1) is 12.7. The van der Waals surface area contributed by atoms with Crippen molar-refractivity contribution in [2.75, 3.05) is 32.8 Å². The number of nitrogens with zero attached hydrogens (tertiary/aromatic N) is 2. The molecule has 0 spiro atoms. The number of para-hydroxylation sites is 1. The largest absolute Gasteiger partial charge is 0.492 e. The Bertz CT molecular complexity index is 562. The quantitative estimate of drug-likeness (QED) is 0.382. The van der Waals surface area contributed by atoms with Crippen LogP contribution in [-0.2, 0) is 4.79 Å². The Labute approximate surface area is 157 Å². The number of amides is 1. The SMILES string of the molecule is CCNC(=NCCC(CC)N1CCCC1=O)NCCOc1ccccc1.